The Labute approximate surface area is 138 Å². The zero-order valence-corrected chi connectivity index (χ0v) is 13.1. The second-order valence-electron chi connectivity index (χ2n) is 6.44. The third-order valence-corrected chi connectivity index (χ3v) is 5.39. The number of hydrogen-bond acceptors (Lipinski definition) is 6. The molecule has 1 saturated carbocycles. The number of benzene rings is 1. The summed E-state index contributed by atoms with van der Waals surface area (Å²) in [4.78, 5) is 6.89. The molecule has 3 aliphatic rings. The fourth-order valence-electron chi connectivity index (χ4n) is 4.20. The average Bonchev–Trinajstić information content (AvgIpc) is 2.87. The van der Waals surface area contributed by atoms with Crippen LogP contribution in [0, 0.1) is 12.8 Å². The van der Waals surface area contributed by atoms with Gasteiger partial charge in [0.1, 0.15) is 11.8 Å². The number of aliphatic hydroxyl groups excluding tert-OH is 1. The minimum absolute atomic E-state index is 0.133. The van der Waals surface area contributed by atoms with Crippen LogP contribution in [0.2, 0.25) is 0 Å². The highest BCUT2D eigenvalue weighted by atomic mass is 16.2. The number of hydrogen-bond donors (Lipinski definition) is 2. The SMILES string of the molecule is Cc1nnn2c1CC1C3N(C=NC13C(N)=C=CO)c1ccccc1-2. The van der Waals surface area contributed by atoms with Crippen molar-refractivity contribution in [1.82, 2.24) is 15.0 Å². The van der Waals surface area contributed by atoms with Gasteiger partial charge in [0.15, 0.2) is 0 Å². The predicted molar refractivity (Wildman–Crippen MR) is 89.2 cm³/mol. The van der Waals surface area contributed by atoms with E-state index in [2.05, 4.69) is 27.0 Å². The molecule has 1 aromatic carbocycles. The van der Waals surface area contributed by atoms with Crippen LogP contribution in [0.5, 0.6) is 0 Å². The fourth-order valence-corrected chi connectivity index (χ4v) is 4.20. The summed E-state index contributed by atoms with van der Waals surface area (Å²) in [7, 11) is 0. The number of rotatable bonds is 1. The maximum Gasteiger partial charge on any atom is 0.135 e. The first-order valence-electron chi connectivity index (χ1n) is 7.88. The molecule has 7 heteroatoms. The summed E-state index contributed by atoms with van der Waals surface area (Å²) in [5.41, 5.74) is 12.9. The van der Waals surface area contributed by atoms with Crippen molar-refractivity contribution in [2.45, 2.75) is 24.9 Å². The lowest BCUT2D eigenvalue weighted by Crippen LogP contribution is -2.28. The Hall–Kier alpha value is -3.05. The van der Waals surface area contributed by atoms with Crippen LogP contribution in [0.1, 0.15) is 11.4 Å². The number of nitrogens with two attached hydrogens (primary N) is 1. The Morgan fingerprint density at radius 1 is 1.42 bits per heavy atom. The Morgan fingerprint density at radius 3 is 3.00 bits per heavy atom. The van der Waals surface area contributed by atoms with E-state index in [-0.39, 0.29) is 12.0 Å². The molecule has 0 radical (unpaired) electrons. The quantitative estimate of drug-likeness (QED) is 0.609. The number of fused-ring (bicyclic) bond motifs is 5. The molecule has 0 spiro atoms. The van der Waals surface area contributed by atoms with E-state index < -0.39 is 5.54 Å². The van der Waals surface area contributed by atoms with Gasteiger partial charge in [-0.1, -0.05) is 23.1 Å². The zero-order valence-electron chi connectivity index (χ0n) is 13.1. The van der Waals surface area contributed by atoms with Gasteiger partial charge in [-0.3, -0.25) is 4.99 Å². The molecule has 3 heterocycles. The van der Waals surface area contributed by atoms with E-state index in [0.29, 0.717) is 5.70 Å². The molecule has 0 saturated heterocycles. The summed E-state index contributed by atoms with van der Waals surface area (Å²) in [5.74, 6) is 0.208. The van der Waals surface area contributed by atoms with Gasteiger partial charge >= 0.3 is 0 Å². The maximum absolute atomic E-state index is 9.08. The summed E-state index contributed by atoms with van der Waals surface area (Å²) in [5, 5.41) is 17.7. The summed E-state index contributed by atoms with van der Waals surface area (Å²) in [6.07, 6.45) is 3.47. The van der Waals surface area contributed by atoms with Gasteiger partial charge < -0.3 is 15.7 Å². The van der Waals surface area contributed by atoms with Gasteiger partial charge in [-0.25, -0.2) is 4.68 Å². The Bertz CT molecular complexity index is 954. The third kappa shape index (κ3) is 1.40. The number of para-hydroxylation sites is 2. The monoisotopic (exact) mass is 320 g/mol. The minimum atomic E-state index is -0.530. The highest BCUT2D eigenvalue weighted by Gasteiger charge is 2.72. The molecule has 3 unspecified atom stereocenters. The molecule has 1 aromatic heterocycles. The molecule has 3 atom stereocenters. The largest absolute Gasteiger partial charge is 0.507 e. The van der Waals surface area contributed by atoms with Crippen LogP contribution < -0.4 is 10.6 Å². The number of aliphatic hydroxyl groups is 1. The summed E-state index contributed by atoms with van der Waals surface area (Å²) in [6.45, 7) is 1.97. The smallest absolute Gasteiger partial charge is 0.135 e. The van der Waals surface area contributed by atoms with Crippen molar-refractivity contribution in [2.24, 2.45) is 16.6 Å². The molecule has 24 heavy (non-hydrogen) atoms. The predicted octanol–water partition coefficient (Wildman–Crippen LogP) is 1.23. The molecule has 120 valence electrons. The lowest BCUT2D eigenvalue weighted by atomic mass is 10.1. The van der Waals surface area contributed by atoms with Crippen molar-refractivity contribution >= 4 is 12.0 Å². The van der Waals surface area contributed by atoms with E-state index in [0.717, 1.165) is 35.4 Å². The Morgan fingerprint density at radius 2 is 2.21 bits per heavy atom. The molecule has 0 bridgehead atoms. The molecule has 0 amide bonds. The normalized spacial score (nSPS) is 28.1. The van der Waals surface area contributed by atoms with Gasteiger partial charge in [0, 0.05) is 5.92 Å². The second-order valence-corrected chi connectivity index (χ2v) is 6.44. The Balaban J connectivity index is 1.76. The van der Waals surface area contributed by atoms with Crippen molar-refractivity contribution in [3.05, 3.63) is 53.3 Å². The van der Waals surface area contributed by atoms with Gasteiger partial charge in [-0.05, 0) is 25.5 Å². The first-order valence-corrected chi connectivity index (χ1v) is 7.88. The lowest BCUT2D eigenvalue weighted by molar-refractivity contribution is 0.473. The summed E-state index contributed by atoms with van der Waals surface area (Å²) in [6, 6.07) is 8.22. The summed E-state index contributed by atoms with van der Waals surface area (Å²) < 4.78 is 1.91. The maximum atomic E-state index is 9.08. The topological polar surface area (TPSA) is 92.6 Å². The van der Waals surface area contributed by atoms with Gasteiger partial charge in [-0.2, -0.15) is 0 Å². The summed E-state index contributed by atoms with van der Waals surface area (Å²) >= 11 is 0. The van der Waals surface area contributed by atoms with Crippen molar-refractivity contribution in [3.8, 4) is 5.69 Å². The van der Waals surface area contributed by atoms with E-state index in [9.17, 15) is 0 Å². The van der Waals surface area contributed by atoms with Gasteiger partial charge in [0.2, 0.25) is 0 Å². The molecule has 2 aliphatic heterocycles. The van der Waals surface area contributed by atoms with Crippen LogP contribution in [0.4, 0.5) is 5.69 Å². The molecule has 1 aliphatic carbocycles. The van der Waals surface area contributed by atoms with E-state index in [1.807, 2.05) is 36.1 Å². The second kappa shape index (κ2) is 4.27. The molecule has 1 fully saturated rings. The third-order valence-electron chi connectivity index (χ3n) is 5.39. The standard InChI is InChI=1S/C17H16N6O/c1-10-14-8-11-16-17(11,15(18)6-7-24)19-9-22(16)12-4-2-3-5-13(12)23(14)21-20-10/h2-5,7,9,11,16,24H,8,18H2,1H3. The molecule has 7 nitrogen and oxygen atoms in total. The minimum Gasteiger partial charge on any atom is -0.507 e. The van der Waals surface area contributed by atoms with Crippen molar-refractivity contribution < 1.29 is 5.11 Å². The first-order chi connectivity index (χ1) is 11.7. The van der Waals surface area contributed by atoms with E-state index in [1.54, 1.807) is 0 Å². The highest BCUT2D eigenvalue weighted by Crippen LogP contribution is 2.60. The van der Waals surface area contributed by atoms with Gasteiger partial charge in [0.25, 0.3) is 0 Å². The molecule has 2 aromatic rings. The number of aliphatic imine (C=N–C) groups is 1. The van der Waals surface area contributed by atoms with E-state index in [1.165, 1.54) is 0 Å². The lowest BCUT2D eigenvalue weighted by Gasteiger charge is -2.24. The number of aryl methyl sites for hydroxylation is 1. The van der Waals surface area contributed by atoms with Crippen molar-refractivity contribution in [1.29, 1.82) is 0 Å². The number of aromatic nitrogens is 3. The van der Waals surface area contributed by atoms with Crippen LogP contribution in [-0.2, 0) is 6.42 Å². The fraction of sp³-hybridized carbons (Fsp3) is 0.294. The van der Waals surface area contributed by atoms with Crippen LogP contribution >= 0.6 is 0 Å². The van der Waals surface area contributed by atoms with Gasteiger partial charge in [0.05, 0.1) is 40.8 Å². The van der Waals surface area contributed by atoms with Crippen LogP contribution in [0.3, 0.4) is 0 Å². The first kappa shape index (κ1) is 13.4. The zero-order chi connectivity index (χ0) is 16.5. The van der Waals surface area contributed by atoms with Crippen molar-refractivity contribution in [3.63, 3.8) is 0 Å². The highest BCUT2D eigenvalue weighted by molar-refractivity contribution is 5.91. The number of anilines is 1. The van der Waals surface area contributed by atoms with E-state index in [4.69, 9.17) is 15.8 Å². The molecule has 5 rings (SSSR count). The van der Waals surface area contributed by atoms with E-state index >= 15 is 0 Å². The van der Waals surface area contributed by atoms with Crippen LogP contribution in [0.25, 0.3) is 5.69 Å². The molecule has 3 N–H and O–H groups in total. The van der Waals surface area contributed by atoms with Crippen molar-refractivity contribution in [2.75, 3.05) is 4.90 Å². The van der Waals surface area contributed by atoms with Crippen LogP contribution in [0.15, 0.2) is 46.9 Å². The molecular weight excluding hydrogens is 304 g/mol. The molecular formula is C17H16N6O. The van der Waals surface area contributed by atoms with Gasteiger partial charge in [-0.15, -0.1) is 5.10 Å². The number of nitrogens with zero attached hydrogens (tertiary/aromatic N) is 5. The van der Waals surface area contributed by atoms with Crippen LogP contribution in [-0.4, -0.2) is 38.0 Å². The Kier molecular flexibility index (Phi) is 2.38. The average molecular weight is 320 g/mol.